The van der Waals surface area contributed by atoms with Gasteiger partial charge in [0.25, 0.3) is 0 Å². The van der Waals surface area contributed by atoms with Crippen LogP contribution in [0.1, 0.15) is 57.5 Å². The second kappa shape index (κ2) is 19.9. The summed E-state index contributed by atoms with van der Waals surface area (Å²) in [6, 6.07) is 9.34. The SMILES string of the molecule is CC(C)(C)[S@@](=O)N=C(COC(F)(F)F)c1cccc(OC(F)F)c1.CC(C)(C)[S@](N)=O.O=C(COC(F)(F)F)c1cccc(OC(F)F)c1. The Morgan fingerprint density at radius 3 is 1.47 bits per heavy atom. The lowest BCUT2D eigenvalue weighted by Gasteiger charge is -2.16. The van der Waals surface area contributed by atoms with E-state index in [-0.39, 0.29) is 33.1 Å². The zero-order chi connectivity index (χ0) is 38.4. The van der Waals surface area contributed by atoms with E-state index in [9.17, 15) is 57.1 Å². The molecule has 0 saturated heterocycles. The zero-order valence-corrected chi connectivity index (χ0v) is 28.3. The van der Waals surface area contributed by atoms with Crippen molar-refractivity contribution in [3.63, 3.8) is 0 Å². The van der Waals surface area contributed by atoms with Crippen molar-refractivity contribution >= 4 is 33.5 Å². The second-order valence-electron chi connectivity index (χ2n) is 11.0. The van der Waals surface area contributed by atoms with Gasteiger partial charge in [0.15, 0.2) is 5.78 Å². The Morgan fingerprint density at radius 1 is 0.714 bits per heavy atom. The first kappa shape index (κ1) is 45.9. The molecule has 0 aromatic heterocycles. The predicted molar refractivity (Wildman–Crippen MR) is 161 cm³/mol. The van der Waals surface area contributed by atoms with E-state index >= 15 is 0 Å². The number of nitrogens with zero attached hydrogens (tertiary/aromatic N) is 1. The zero-order valence-electron chi connectivity index (χ0n) is 26.7. The summed E-state index contributed by atoms with van der Waals surface area (Å²) in [6.45, 7) is 1.87. The van der Waals surface area contributed by atoms with Gasteiger partial charge < -0.3 is 9.47 Å². The highest BCUT2D eigenvalue weighted by Gasteiger charge is 2.31. The standard InChI is InChI=1S/C14H16F5NO3S.C10H7F5O3.C4H11NOS/c1-13(2,3)24(21)20-11(8-22-14(17,18)19)9-5-4-6-10(7-9)23-12(15)16;11-9(12)18-7-3-1-2-6(4-7)8(16)5-17-10(13,14)15;1-4(2,3)7(5)6/h4-7,12H,8H2,1-3H3;1-4,9H,5H2;5H2,1-3H3/t24-;;7-/m1.1/s1. The van der Waals surface area contributed by atoms with Gasteiger partial charge in [0.1, 0.15) is 29.1 Å². The summed E-state index contributed by atoms with van der Waals surface area (Å²) in [5, 5.41) is 5.04. The van der Waals surface area contributed by atoms with Gasteiger partial charge in [-0.1, -0.05) is 24.3 Å². The summed E-state index contributed by atoms with van der Waals surface area (Å²) >= 11 is 0. The minimum absolute atomic E-state index is 0.0370. The third-order valence-corrected chi connectivity index (χ3v) is 7.47. The van der Waals surface area contributed by atoms with Gasteiger partial charge in [-0.25, -0.2) is 8.42 Å². The smallest absolute Gasteiger partial charge is 0.435 e. The van der Waals surface area contributed by atoms with E-state index in [1.165, 1.54) is 30.3 Å². The molecule has 2 atom stereocenters. The maximum absolute atomic E-state index is 12.3. The maximum atomic E-state index is 12.3. The van der Waals surface area contributed by atoms with E-state index in [4.69, 9.17) is 5.14 Å². The molecule has 0 amide bonds. The number of benzene rings is 2. The molecule has 21 heteroatoms. The molecule has 0 aliphatic rings. The van der Waals surface area contributed by atoms with Crippen molar-refractivity contribution in [1.82, 2.24) is 0 Å². The molecule has 49 heavy (non-hydrogen) atoms. The summed E-state index contributed by atoms with van der Waals surface area (Å²) in [6.07, 6.45) is -9.84. The summed E-state index contributed by atoms with van der Waals surface area (Å²) in [5.74, 6) is -1.57. The van der Waals surface area contributed by atoms with Gasteiger partial charge in [-0.2, -0.15) is 22.0 Å². The fourth-order valence-corrected chi connectivity index (χ4v) is 3.11. The van der Waals surface area contributed by atoms with Crippen LogP contribution in [0, 0.1) is 0 Å². The molecular weight excluding hydrogens is 730 g/mol. The lowest BCUT2D eigenvalue weighted by atomic mass is 10.1. The largest absolute Gasteiger partial charge is 0.522 e. The number of carbonyl (C=O) groups excluding carboxylic acids is 1. The highest BCUT2D eigenvalue weighted by Crippen LogP contribution is 2.22. The van der Waals surface area contributed by atoms with Gasteiger partial charge in [-0.15, -0.1) is 26.3 Å². The topological polar surface area (TPSA) is 127 Å². The highest BCUT2D eigenvalue weighted by atomic mass is 32.2. The minimum Gasteiger partial charge on any atom is -0.435 e. The fourth-order valence-electron chi connectivity index (χ4n) is 2.48. The number of Topliss-reactive ketones (excluding diaryl/α,β-unsaturated/α-hetero) is 1. The van der Waals surface area contributed by atoms with Crippen molar-refractivity contribution in [2.75, 3.05) is 13.2 Å². The number of alkyl halides is 10. The Balaban J connectivity index is 0.000000808. The van der Waals surface area contributed by atoms with E-state index in [0.29, 0.717) is 0 Å². The van der Waals surface area contributed by atoms with E-state index < -0.39 is 71.7 Å². The quantitative estimate of drug-likeness (QED) is 0.143. The van der Waals surface area contributed by atoms with Crippen LogP contribution in [0.5, 0.6) is 11.5 Å². The Hall–Kier alpha value is -3.14. The molecule has 0 aliphatic carbocycles. The molecule has 0 saturated carbocycles. The second-order valence-corrected chi connectivity index (χ2v) is 14.7. The first-order valence-electron chi connectivity index (χ1n) is 13.3. The monoisotopic (exact) mass is 764 g/mol. The summed E-state index contributed by atoms with van der Waals surface area (Å²) in [4.78, 5) is 11.3. The van der Waals surface area contributed by atoms with Crippen LogP contribution in [0.4, 0.5) is 43.9 Å². The van der Waals surface area contributed by atoms with Crippen LogP contribution in [-0.4, -0.2) is 68.6 Å². The Labute approximate surface area is 280 Å². The van der Waals surface area contributed by atoms with Gasteiger partial charge in [0, 0.05) is 11.1 Å². The molecule has 0 unspecified atom stereocenters. The van der Waals surface area contributed by atoms with E-state index in [2.05, 4.69) is 23.3 Å². The number of carbonyl (C=O) groups is 1. The van der Waals surface area contributed by atoms with Crippen LogP contribution in [0.3, 0.4) is 0 Å². The van der Waals surface area contributed by atoms with Gasteiger partial charge in [0.05, 0.1) is 32.8 Å². The number of hydrogen-bond acceptors (Lipinski definition) is 7. The van der Waals surface area contributed by atoms with Crippen molar-refractivity contribution in [1.29, 1.82) is 0 Å². The first-order chi connectivity index (χ1) is 22.1. The normalized spacial score (nSPS) is 13.9. The van der Waals surface area contributed by atoms with Gasteiger partial charge in [0.2, 0.25) is 0 Å². The van der Waals surface area contributed by atoms with Crippen LogP contribution >= 0.6 is 0 Å². The Bertz CT molecular complexity index is 1410. The molecule has 0 spiro atoms. The molecule has 0 bridgehead atoms. The van der Waals surface area contributed by atoms with Gasteiger partial charge >= 0.3 is 25.9 Å². The predicted octanol–water partition coefficient (Wildman–Crippen LogP) is 7.49. The molecule has 0 aliphatic heterocycles. The van der Waals surface area contributed by atoms with Crippen molar-refractivity contribution in [2.24, 2.45) is 9.54 Å². The highest BCUT2D eigenvalue weighted by molar-refractivity contribution is 7.85. The Morgan fingerprint density at radius 2 is 1.10 bits per heavy atom. The van der Waals surface area contributed by atoms with Gasteiger partial charge in [-0.3, -0.25) is 19.4 Å². The van der Waals surface area contributed by atoms with E-state index in [1.807, 2.05) is 20.8 Å². The van der Waals surface area contributed by atoms with Crippen molar-refractivity contribution in [3.05, 3.63) is 59.7 Å². The average Bonchev–Trinajstić information content (AvgIpc) is 2.92. The number of rotatable bonds is 11. The van der Waals surface area contributed by atoms with Crippen LogP contribution in [0.2, 0.25) is 0 Å². The molecule has 280 valence electrons. The molecule has 2 N–H and O–H groups in total. The molecule has 0 radical (unpaired) electrons. The van der Waals surface area contributed by atoms with Gasteiger partial charge in [-0.05, 0) is 65.8 Å². The first-order valence-corrected chi connectivity index (χ1v) is 15.6. The molecule has 2 aromatic carbocycles. The summed E-state index contributed by atoms with van der Waals surface area (Å²) in [7, 11) is -3.04. The summed E-state index contributed by atoms with van der Waals surface area (Å²) < 4.78 is 161. The Kier molecular flexibility index (Phi) is 18.6. The fraction of sp³-hybridized carbons (Fsp3) is 0.500. The molecular formula is C28H34F10N2O7S2. The number of hydrogen-bond donors (Lipinski definition) is 1. The van der Waals surface area contributed by atoms with Crippen LogP contribution in [0.15, 0.2) is 52.9 Å². The van der Waals surface area contributed by atoms with Crippen LogP contribution in [0.25, 0.3) is 0 Å². The van der Waals surface area contributed by atoms with E-state index in [1.54, 1.807) is 20.8 Å². The lowest BCUT2D eigenvalue weighted by molar-refractivity contribution is -0.319. The van der Waals surface area contributed by atoms with E-state index in [0.717, 1.165) is 18.2 Å². The molecule has 2 aromatic rings. The summed E-state index contributed by atoms with van der Waals surface area (Å²) in [5.41, 5.74) is -0.465. The number of nitrogens with two attached hydrogens (primary N) is 1. The third-order valence-electron chi connectivity index (χ3n) is 4.83. The number of ketones is 1. The van der Waals surface area contributed by atoms with Crippen LogP contribution in [-0.2, 0) is 31.4 Å². The lowest BCUT2D eigenvalue weighted by Crippen LogP contribution is -2.27. The van der Waals surface area contributed by atoms with Crippen molar-refractivity contribution in [3.8, 4) is 11.5 Å². The van der Waals surface area contributed by atoms with Crippen molar-refractivity contribution < 1.29 is 76.1 Å². The van der Waals surface area contributed by atoms with Crippen LogP contribution < -0.4 is 14.6 Å². The average molecular weight is 765 g/mol. The molecule has 2 rings (SSSR count). The minimum atomic E-state index is -4.92. The maximum Gasteiger partial charge on any atom is 0.522 e. The molecule has 0 fully saturated rings. The third kappa shape index (κ3) is 22.2. The molecule has 9 nitrogen and oxygen atoms in total. The van der Waals surface area contributed by atoms with Crippen molar-refractivity contribution in [2.45, 2.75) is 77.0 Å². The molecule has 0 heterocycles. The number of ether oxygens (including phenoxy) is 4. The number of halogens is 10.